The summed E-state index contributed by atoms with van der Waals surface area (Å²) in [6.45, 7) is 7.00. The Labute approximate surface area is 179 Å². The number of nitrogens with zero attached hydrogens (tertiary/aromatic N) is 3. The number of hydrogen-bond acceptors (Lipinski definition) is 6. The molecule has 2 N–H and O–H groups in total. The van der Waals surface area contributed by atoms with Gasteiger partial charge in [0.1, 0.15) is 5.60 Å². The third kappa shape index (κ3) is 8.56. The smallest absolute Gasteiger partial charge is 0.410 e. The quantitative estimate of drug-likeness (QED) is 0.377. The maximum Gasteiger partial charge on any atom is 0.410 e. The number of aromatic nitrogens is 1. The Bertz CT molecular complexity index is 821. The van der Waals surface area contributed by atoms with E-state index in [2.05, 4.69) is 20.6 Å². The predicted octanol–water partition coefficient (Wildman–Crippen LogP) is 1.56. The van der Waals surface area contributed by atoms with Crippen LogP contribution in [0.5, 0.6) is 0 Å². The molecule has 1 aliphatic heterocycles. The monoisotopic (exact) mass is 439 g/mol. The van der Waals surface area contributed by atoms with E-state index in [4.69, 9.17) is 4.74 Å². The summed E-state index contributed by atoms with van der Waals surface area (Å²) >= 11 is 0. The number of carbonyl (C=O) groups excluding carboxylic acids is 1. The summed E-state index contributed by atoms with van der Waals surface area (Å²) in [6, 6.07) is 3.64. The van der Waals surface area contributed by atoms with E-state index < -0.39 is 15.4 Å². The minimum Gasteiger partial charge on any atom is -0.444 e. The maximum absolute atomic E-state index is 12.6. The molecule has 1 aromatic rings. The Morgan fingerprint density at radius 1 is 1.40 bits per heavy atom. The molecule has 2 heterocycles. The van der Waals surface area contributed by atoms with Crippen LogP contribution in [0.2, 0.25) is 0 Å². The molecular weight excluding hydrogens is 406 g/mol. The number of ether oxygens (including phenoxy) is 1. The second kappa shape index (κ2) is 10.6. The van der Waals surface area contributed by atoms with Crippen molar-refractivity contribution in [3.63, 3.8) is 0 Å². The van der Waals surface area contributed by atoms with Gasteiger partial charge in [-0.15, -0.1) is 0 Å². The third-order valence-corrected chi connectivity index (χ3v) is 6.21. The molecule has 9 nitrogen and oxygen atoms in total. The molecule has 1 aromatic heterocycles. The lowest BCUT2D eigenvalue weighted by Gasteiger charge is -2.27. The van der Waals surface area contributed by atoms with Gasteiger partial charge in [0.2, 0.25) is 0 Å². The Balaban J connectivity index is 1.85. The van der Waals surface area contributed by atoms with Crippen molar-refractivity contribution in [3.05, 3.63) is 30.1 Å². The van der Waals surface area contributed by atoms with Crippen LogP contribution in [0.15, 0.2) is 29.5 Å². The van der Waals surface area contributed by atoms with E-state index in [0.717, 1.165) is 5.56 Å². The summed E-state index contributed by atoms with van der Waals surface area (Å²) in [5.41, 5.74) is 0.354. The largest absolute Gasteiger partial charge is 0.444 e. The molecular formula is C20H33N5O4S. The van der Waals surface area contributed by atoms with Gasteiger partial charge >= 0.3 is 6.09 Å². The van der Waals surface area contributed by atoms with Gasteiger partial charge in [-0.3, -0.25) is 9.98 Å². The van der Waals surface area contributed by atoms with Gasteiger partial charge in [-0.1, -0.05) is 6.07 Å². The average molecular weight is 440 g/mol. The zero-order chi connectivity index (χ0) is 22.2. The van der Waals surface area contributed by atoms with Crippen molar-refractivity contribution in [1.29, 1.82) is 0 Å². The molecule has 0 spiro atoms. The first kappa shape index (κ1) is 23.9. The van der Waals surface area contributed by atoms with Crippen LogP contribution in [0.3, 0.4) is 0 Å². The zero-order valence-corrected chi connectivity index (χ0v) is 19.0. The molecule has 1 saturated heterocycles. The molecule has 1 aliphatic rings. The molecule has 2 rings (SSSR count). The lowest BCUT2D eigenvalue weighted by Crippen LogP contribution is -2.45. The van der Waals surface area contributed by atoms with Gasteiger partial charge in [-0.05, 0) is 45.2 Å². The second-order valence-corrected chi connectivity index (χ2v) is 10.6. The molecule has 1 fully saturated rings. The molecule has 10 heteroatoms. The molecule has 0 radical (unpaired) electrons. The van der Waals surface area contributed by atoms with E-state index in [1.807, 2.05) is 32.9 Å². The topological polar surface area (TPSA) is 113 Å². The summed E-state index contributed by atoms with van der Waals surface area (Å²) < 4.78 is 28.7. The number of pyridine rings is 1. The van der Waals surface area contributed by atoms with Crippen LogP contribution in [0, 0.1) is 0 Å². The summed E-state index contributed by atoms with van der Waals surface area (Å²) in [5, 5.41) is 6.33. The Morgan fingerprint density at radius 3 is 2.73 bits per heavy atom. The molecule has 30 heavy (non-hydrogen) atoms. The van der Waals surface area contributed by atoms with Gasteiger partial charge in [0.25, 0.3) is 0 Å². The van der Waals surface area contributed by atoms with Gasteiger partial charge < -0.3 is 20.3 Å². The minimum absolute atomic E-state index is 0.120. The van der Waals surface area contributed by atoms with Crippen molar-refractivity contribution in [3.8, 4) is 0 Å². The summed E-state index contributed by atoms with van der Waals surface area (Å²) in [5.74, 6) is 0.902. The fourth-order valence-electron chi connectivity index (χ4n) is 3.05. The molecule has 1 unspecified atom stereocenters. The van der Waals surface area contributed by atoms with Crippen LogP contribution in [-0.2, 0) is 21.1 Å². The van der Waals surface area contributed by atoms with Gasteiger partial charge in [-0.25, -0.2) is 13.2 Å². The first-order chi connectivity index (χ1) is 14.1. The van der Waals surface area contributed by atoms with E-state index in [-0.39, 0.29) is 23.6 Å². The number of nitrogens with one attached hydrogen (secondary N) is 2. The standard InChI is InChI=1S/C20H33N5O4S/c1-20(2,3)29-19(26)25(14-16-7-5-9-22-13-16)11-6-10-23-18(21-4)24-17-8-12-30(27,28)15-17/h5,7,9,13,17H,6,8,10-12,14-15H2,1-4H3,(H2,21,23,24). The number of amides is 1. The van der Waals surface area contributed by atoms with Crippen LogP contribution in [0.1, 0.15) is 39.2 Å². The van der Waals surface area contributed by atoms with Crippen LogP contribution in [0.25, 0.3) is 0 Å². The summed E-state index contributed by atoms with van der Waals surface area (Å²) in [7, 11) is -1.30. The van der Waals surface area contributed by atoms with Gasteiger partial charge in [0, 0.05) is 38.6 Å². The van der Waals surface area contributed by atoms with Crippen molar-refractivity contribution >= 4 is 21.9 Å². The fourth-order valence-corrected chi connectivity index (χ4v) is 4.72. The second-order valence-electron chi connectivity index (χ2n) is 8.36. The van der Waals surface area contributed by atoms with Crippen molar-refractivity contribution < 1.29 is 17.9 Å². The SMILES string of the molecule is CN=C(NCCCN(Cc1cccnc1)C(=O)OC(C)(C)C)NC1CCS(=O)(=O)C1. The number of guanidine groups is 1. The lowest BCUT2D eigenvalue weighted by atomic mass is 10.2. The Kier molecular flexibility index (Phi) is 8.45. The van der Waals surface area contributed by atoms with Gasteiger partial charge in [0.15, 0.2) is 15.8 Å². The summed E-state index contributed by atoms with van der Waals surface area (Å²) in [6.07, 6.45) is 4.31. The van der Waals surface area contributed by atoms with E-state index in [0.29, 0.717) is 38.4 Å². The highest BCUT2D eigenvalue weighted by atomic mass is 32.2. The molecule has 168 valence electrons. The third-order valence-electron chi connectivity index (χ3n) is 4.44. The van der Waals surface area contributed by atoms with Crippen LogP contribution < -0.4 is 10.6 Å². The van der Waals surface area contributed by atoms with Crippen LogP contribution >= 0.6 is 0 Å². The first-order valence-corrected chi connectivity index (χ1v) is 11.9. The summed E-state index contributed by atoms with van der Waals surface area (Å²) in [4.78, 5) is 22.5. The Morgan fingerprint density at radius 2 is 2.17 bits per heavy atom. The number of sulfone groups is 1. The van der Waals surface area contributed by atoms with Crippen LogP contribution in [-0.4, -0.2) is 73.6 Å². The molecule has 1 amide bonds. The molecule has 0 aliphatic carbocycles. The normalized spacial score (nSPS) is 18.7. The fraction of sp³-hybridized carbons (Fsp3) is 0.650. The zero-order valence-electron chi connectivity index (χ0n) is 18.2. The van der Waals surface area contributed by atoms with Crippen molar-refractivity contribution in [2.75, 3.05) is 31.6 Å². The minimum atomic E-state index is -2.95. The van der Waals surface area contributed by atoms with Crippen LogP contribution in [0.4, 0.5) is 4.79 Å². The number of carbonyl (C=O) groups is 1. The highest BCUT2D eigenvalue weighted by Crippen LogP contribution is 2.13. The van der Waals surface area contributed by atoms with E-state index in [9.17, 15) is 13.2 Å². The average Bonchev–Trinajstić information content (AvgIpc) is 3.01. The lowest BCUT2D eigenvalue weighted by molar-refractivity contribution is 0.0232. The van der Waals surface area contributed by atoms with Gasteiger partial charge in [0.05, 0.1) is 18.1 Å². The predicted molar refractivity (Wildman–Crippen MR) is 117 cm³/mol. The molecule has 0 saturated carbocycles. The molecule has 0 bridgehead atoms. The van der Waals surface area contributed by atoms with Crippen molar-refractivity contribution in [2.45, 2.75) is 51.8 Å². The van der Waals surface area contributed by atoms with Gasteiger partial charge in [-0.2, -0.15) is 0 Å². The number of rotatable bonds is 7. The maximum atomic E-state index is 12.6. The first-order valence-electron chi connectivity index (χ1n) is 10.1. The molecule has 1 atom stereocenters. The van der Waals surface area contributed by atoms with E-state index >= 15 is 0 Å². The highest BCUT2D eigenvalue weighted by Gasteiger charge is 2.28. The Hall–Kier alpha value is -2.36. The number of aliphatic imine (C=N–C) groups is 1. The highest BCUT2D eigenvalue weighted by molar-refractivity contribution is 7.91. The van der Waals surface area contributed by atoms with E-state index in [1.54, 1.807) is 24.3 Å². The van der Waals surface area contributed by atoms with E-state index in [1.165, 1.54) is 0 Å². The van der Waals surface area contributed by atoms with Crippen molar-refractivity contribution in [2.24, 2.45) is 4.99 Å². The number of hydrogen-bond donors (Lipinski definition) is 2. The molecule has 0 aromatic carbocycles. The van der Waals surface area contributed by atoms with Crippen molar-refractivity contribution in [1.82, 2.24) is 20.5 Å².